The number of halogens is 2. The topological polar surface area (TPSA) is 102 Å². The van der Waals surface area contributed by atoms with Gasteiger partial charge in [-0.3, -0.25) is 14.5 Å². The van der Waals surface area contributed by atoms with Crippen LogP contribution in [-0.2, 0) is 6.42 Å². The normalized spacial score (nSPS) is 13.0. The summed E-state index contributed by atoms with van der Waals surface area (Å²) in [6.07, 6.45) is 5.31. The van der Waals surface area contributed by atoms with Crippen LogP contribution in [0.2, 0.25) is 5.02 Å². The Morgan fingerprint density at radius 2 is 1.85 bits per heavy atom. The van der Waals surface area contributed by atoms with Crippen LogP contribution in [0.15, 0.2) is 83.5 Å². The molecule has 3 heterocycles. The quantitative estimate of drug-likeness (QED) is 0.265. The van der Waals surface area contributed by atoms with Crippen LogP contribution in [0.25, 0.3) is 22.2 Å². The van der Waals surface area contributed by atoms with Crippen LogP contribution in [0.3, 0.4) is 0 Å². The lowest BCUT2D eigenvalue weighted by Crippen LogP contribution is -2.33. The fourth-order valence-electron chi connectivity index (χ4n) is 4.66. The van der Waals surface area contributed by atoms with Gasteiger partial charge in [0.15, 0.2) is 0 Å². The van der Waals surface area contributed by atoms with E-state index in [1.165, 1.54) is 12.1 Å². The van der Waals surface area contributed by atoms with E-state index in [0.717, 1.165) is 18.4 Å². The van der Waals surface area contributed by atoms with Crippen molar-refractivity contribution in [2.75, 3.05) is 4.90 Å². The summed E-state index contributed by atoms with van der Waals surface area (Å²) in [4.78, 5) is 36.6. The molecule has 0 radical (unpaired) electrons. The predicted molar refractivity (Wildman–Crippen MR) is 146 cm³/mol. The third kappa shape index (κ3) is 4.86. The summed E-state index contributed by atoms with van der Waals surface area (Å²) in [7, 11) is 0. The second-order valence-electron chi connectivity index (χ2n) is 9.43. The highest BCUT2D eigenvalue weighted by Crippen LogP contribution is 2.36. The van der Waals surface area contributed by atoms with Gasteiger partial charge in [-0.25, -0.2) is 14.4 Å². The van der Waals surface area contributed by atoms with Crippen molar-refractivity contribution in [3.05, 3.63) is 112 Å². The number of hydrogen-bond acceptors (Lipinski definition) is 5. The third-order valence-corrected chi connectivity index (χ3v) is 7.02. The Bertz CT molecular complexity index is 1720. The Kier molecular flexibility index (Phi) is 6.32. The largest absolute Gasteiger partial charge is 0.442 e. The minimum atomic E-state index is -0.671. The molecule has 7 nitrogen and oxygen atoms in total. The summed E-state index contributed by atoms with van der Waals surface area (Å²) in [6, 6.07) is 18.3. The Balaban J connectivity index is 1.39. The number of carbonyl (C=O) groups is 2. The van der Waals surface area contributed by atoms with Crippen LogP contribution in [-0.4, -0.2) is 27.8 Å². The summed E-state index contributed by atoms with van der Waals surface area (Å²) >= 11 is 6.57. The SMILES string of the molecule is NC(=O)c1c(Cc2ccc(F)cc2)oc2ncc(-c3cc(C(=O)N(c4ccccn4)C4CC4)ccc3Cl)cc12. The van der Waals surface area contributed by atoms with Gasteiger partial charge >= 0.3 is 0 Å². The fraction of sp³-hybridized carbons (Fsp3) is 0.133. The summed E-state index contributed by atoms with van der Waals surface area (Å²) < 4.78 is 19.2. The molecule has 0 aliphatic heterocycles. The van der Waals surface area contributed by atoms with Crippen molar-refractivity contribution < 1.29 is 18.4 Å². The number of hydrogen-bond donors (Lipinski definition) is 1. The molecule has 2 N–H and O–H groups in total. The predicted octanol–water partition coefficient (Wildman–Crippen LogP) is 6.18. The maximum atomic E-state index is 13.6. The average Bonchev–Trinajstić information content (AvgIpc) is 3.70. The highest BCUT2D eigenvalue weighted by Gasteiger charge is 2.35. The Labute approximate surface area is 228 Å². The van der Waals surface area contributed by atoms with Crippen molar-refractivity contribution in [2.45, 2.75) is 25.3 Å². The second-order valence-corrected chi connectivity index (χ2v) is 9.84. The second kappa shape index (κ2) is 9.96. The third-order valence-electron chi connectivity index (χ3n) is 6.69. The van der Waals surface area contributed by atoms with Crippen LogP contribution >= 0.6 is 11.6 Å². The lowest BCUT2D eigenvalue weighted by molar-refractivity contribution is 0.0981. The van der Waals surface area contributed by atoms with Crippen molar-refractivity contribution in [1.82, 2.24) is 9.97 Å². The number of anilines is 1. The maximum absolute atomic E-state index is 13.6. The first-order chi connectivity index (χ1) is 18.9. The molecule has 2 aromatic carbocycles. The van der Waals surface area contributed by atoms with Crippen molar-refractivity contribution in [3.63, 3.8) is 0 Å². The van der Waals surface area contributed by atoms with Gasteiger partial charge in [0.25, 0.3) is 11.8 Å². The molecule has 3 aromatic heterocycles. The molecule has 39 heavy (non-hydrogen) atoms. The Hall–Kier alpha value is -4.56. The number of aromatic nitrogens is 2. The highest BCUT2D eigenvalue weighted by molar-refractivity contribution is 6.33. The molecule has 6 rings (SSSR count). The van der Waals surface area contributed by atoms with E-state index < -0.39 is 5.91 Å². The van der Waals surface area contributed by atoms with Gasteiger partial charge in [-0.15, -0.1) is 0 Å². The lowest BCUT2D eigenvalue weighted by atomic mass is 10.0. The molecular weight excluding hydrogens is 519 g/mol. The van der Waals surface area contributed by atoms with Gasteiger partial charge in [0.2, 0.25) is 5.71 Å². The Morgan fingerprint density at radius 3 is 2.54 bits per heavy atom. The molecule has 2 amide bonds. The standard InChI is InChI=1S/C30H22ClFN4O3/c31-24-11-6-18(30(38)36(21-9-10-21)26-3-1-2-12-34-26)14-22(24)19-15-23-27(28(33)37)25(39-29(23)35-16-19)13-17-4-7-20(32)8-5-17/h1-8,11-12,14-16,21H,9-10,13H2,(H2,33,37). The van der Waals surface area contributed by atoms with Crippen molar-refractivity contribution in [1.29, 1.82) is 0 Å². The molecule has 1 saturated carbocycles. The zero-order chi connectivity index (χ0) is 27.1. The van der Waals surface area contributed by atoms with Crippen molar-refractivity contribution in [2.24, 2.45) is 5.73 Å². The number of furan rings is 1. The van der Waals surface area contributed by atoms with Gasteiger partial charge in [-0.2, -0.15) is 0 Å². The number of amides is 2. The molecule has 5 aromatic rings. The molecule has 194 valence electrons. The molecule has 9 heteroatoms. The van der Waals surface area contributed by atoms with Crippen LogP contribution in [0, 0.1) is 5.82 Å². The lowest BCUT2D eigenvalue weighted by Gasteiger charge is -2.22. The van der Waals surface area contributed by atoms with Crippen LogP contribution in [0.5, 0.6) is 0 Å². The molecule has 1 aliphatic rings. The molecule has 1 fully saturated rings. The fourth-order valence-corrected chi connectivity index (χ4v) is 4.89. The van der Waals surface area contributed by atoms with E-state index >= 15 is 0 Å². The minimum Gasteiger partial charge on any atom is -0.442 e. The molecule has 0 atom stereocenters. The molecular formula is C30H22ClFN4O3. The van der Waals surface area contributed by atoms with E-state index in [2.05, 4.69) is 9.97 Å². The van der Waals surface area contributed by atoms with E-state index in [4.69, 9.17) is 21.8 Å². The van der Waals surface area contributed by atoms with Crippen molar-refractivity contribution >= 4 is 40.3 Å². The van der Waals surface area contributed by atoms with E-state index in [1.54, 1.807) is 53.7 Å². The minimum absolute atomic E-state index is 0.105. The number of pyridine rings is 2. The van der Waals surface area contributed by atoms with Crippen LogP contribution < -0.4 is 10.6 Å². The molecule has 0 saturated heterocycles. The van der Waals surface area contributed by atoms with Gasteiger partial charge in [0.1, 0.15) is 17.4 Å². The van der Waals surface area contributed by atoms with Gasteiger partial charge in [0, 0.05) is 46.6 Å². The number of carbonyl (C=O) groups excluding carboxylic acids is 2. The van der Waals surface area contributed by atoms with E-state index in [0.29, 0.717) is 38.7 Å². The van der Waals surface area contributed by atoms with Gasteiger partial charge in [-0.05, 0) is 66.9 Å². The van der Waals surface area contributed by atoms with Gasteiger partial charge < -0.3 is 10.2 Å². The van der Waals surface area contributed by atoms with Crippen molar-refractivity contribution in [3.8, 4) is 11.1 Å². The summed E-state index contributed by atoms with van der Waals surface area (Å²) in [6.45, 7) is 0. The van der Waals surface area contributed by atoms with Crippen LogP contribution in [0.4, 0.5) is 10.2 Å². The summed E-state index contributed by atoms with van der Waals surface area (Å²) in [5.41, 5.74) is 8.54. The van der Waals surface area contributed by atoms with E-state index in [1.807, 2.05) is 18.2 Å². The van der Waals surface area contributed by atoms with Crippen LogP contribution in [0.1, 0.15) is 44.9 Å². The van der Waals surface area contributed by atoms with Gasteiger partial charge in [0.05, 0.1) is 10.9 Å². The summed E-state index contributed by atoms with van der Waals surface area (Å²) in [5.74, 6) is -0.272. The first-order valence-corrected chi connectivity index (χ1v) is 12.8. The zero-order valence-electron chi connectivity index (χ0n) is 20.6. The smallest absolute Gasteiger partial charge is 0.259 e. The monoisotopic (exact) mass is 540 g/mol. The number of rotatable bonds is 7. The number of primary amides is 1. The Morgan fingerprint density at radius 1 is 1.05 bits per heavy atom. The summed E-state index contributed by atoms with van der Waals surface area (Å²) in [5, 5.41) is 0.845. The van der Waals surface area contributed by atoms with E-state index in [-0.39, 0.29) is 35.5 Å². The first-order valence-electron chi connectivity index (χ1n) is 12.4. The number of fused-ring (bicyclic) bond motifs is 1. The molecule has 0 bridgehead atoms. The molecule has 0 spiro atoms. The highest BCUT2D eigenvalue weighted by atomic mass is 35.5. The molecule has 0 unspecified atom stereocenters. The number of nitrogens with zero attached hydrogens (tertiary/aromatic N) is 3. The molecule has 1 aliphatic carbocycles. The first kappa shape index (κ1) is 24.8. The maximum Gasteiger partial charge on any atom is 0.259 e. The zero-order valence-corrected chi connectivity index (χ0v) is 21.4. The average molecular weight is 541 g/mol. The number of nitrogens with two attached hydrogens (primary N) is 1. The van der Waals surface area contributed by atoms with E-state index in [9.17, 15) is 14.0 Å². The van der Waals surface area contributed by atoms with Gasteiger partial charge in [-0.1, -0.05) is 29.8 Å². The number of benzene rings is 2.